The zero-order valence-corrected chi connectivity index (χ0v) is 31.7. The Bertz CT molecular complexity index is 1180. The van der Waals surface area contributed by atoms with Gasteiger partial charge in [-0.3, -0.25) is 9.89 Å². The number of piperazine rings is 1. The Balaban J connectivity index is 0.00000552. The molecule has 0 spiro atoms. The number of nitrogens with zero attached hydrogens (tertiary/aromatic N) is 5. The normalized spacial score (nSPS) is 23.5. The van der Waals surface area contributed by atoms with Crippen molar-refractivity contribution < 1.29 is 9.47 Å². The number of aromatic nitrogens is 2. The summed E-state index contributed by atoms with van der Waals surface area (Å²) in [6.45, 7) is 18.1. The molecule has 0 saturated carbocycles. The minimum atomic E-state index is 0. The fourth-order valence-electron chi connectivity index (χ4n) is 7.08. The number of allylic oxidation sites excluding steroid dienone is 3. The van der Waals surface area contributed by atoms with Crippen LogP contribution in [0.1, 0.15) is 123 Å². The highest BCUT2D eigenvalue weighted by Gasteiger charge is 2.43. The van der Waals surface area contributed by atoms with E-state index in [2.05, 4.69) is 79.4 Å². The lowest BCUT2D eigenvalue weighted by atomic mass is 9.81. The van der Waals surface area contributed by atoms with Crippen LogP contribution >= 0.6 is 29.4 Å². The van der Waals surface area contributed by atoms with Crippen LogP contribution in [0.3, 0.4) is 0 Å². The average Bonchev–Trinajstić information content (AvgIpc) is 3.28. The van der Waals surface area contributed by atoms with E-state index in [0.29, 0.717) is 24.7 Å². The van der Waals surface area contributed by atoms with Gasteiger partial charge in [0.2, 0.25) is 0 Å². The van der Waals surface area contributed by atoms with E-state index in [-0.39, 0.29) is 25.0 Å². The van der Waals surface area contributed by atoms with Gasteiger partial charge >= 0.3 is 6.01 Å². The maximum atomic E-state index is 6.62. The summed E-state index contributed by atoms with van der Waals surface area (Å²) < 4.78 is 12.9. The number of fused-ring (bicyclic) bond motifs is 3. The van der Waals surface area contributed by atoms with Crippen LogP contribution in [0.25, 0.3) is 11.6 Å². The summed E-state index contributed by atoms with van der Waals surface area (Å²) in [6.07, 6.45) is 17.3. The second-order valence-corrected chi connectivity index (χ2v) is 14.4. The molecule has 0 N–H and O–H groups in total. The number of halogens is 1. The second kappa shape index (κ2) is 18.2. The summed E-state index contributed by atoms with van der Waals surface area (Å²) in [5.74, 6) is 1.02. The maximum Gasteiger partial charge on any atom is 0.318 e. The van der Waals surface area contributed by atoms with E-state index >= 15 is 0 Å². The highest BCUT2D eigenvalue weighted by molar-refractivity contribution is 9.12. The van der Waals surface area contributed by atoms with Gasteiger partial charge < -0.3 is 14.4 Å². The molecule has 2 bridgehead atoms. The second-order valence-electron chi connectivity index (χ2n) is 13.6. The first-order chi connectivity index (χ1) is 21.3. The third-order valence-corrected chi connectivity index (χ3v) is 10.4. The number of aliphatic imine (C=N–C) groups is 1. The monoisotopic (exact) mass is 705 g/mol. The third kappa shape index (κ3) is 9.57. The Morgan fingerprint density at radius 3 is 2.38 bits per heavy atom. The molecule has 2 aliphatic heterocycles. The van der Waals surface area contributed by atoms with Crippen LogP contribution in [0.2, 0.25) is 0 Å². The number of rotatable bonds is 17. The van der Waals surface area contributed by atoms with Gasteiger partial charge in [0.1, 0.15) is 5.82 Å². The van der Waals surface area contributed by atoms with Crippen molar-refractivity contribution in [1.82, 2.24) is 14.9 Å². The summed E-state index contributed by atoms with van der Waals surface area (Å²) in [6, 6.07) is 1.59. The fourth-order valence-corrected chi connectivity index (χ4v) is 7.62. The molecule has 3 heterocycles. The molecule has 4 atom stereocenters. The number of hydrogen-bond acceptors (Lipinski definition) is 7. The van der Waals surface area contributed by atoms with Gasteiger partial charge in [0, 0.05) is 66.9 Å². The van der Waals surface area contributed by atoms with Crippen molar-refractivity contribution in [2.45, 2.75) is 130 Å². The summed E-state index contributed by atoms with van der Waals surface area (Å²) in [5.41, 5.74) is 4.27. The molecule has 0 aromatic carbocycles. The Labute approximate surface area is 289 Å². The number of methoxy groups -OCH3 is 1. The average molecular weight is 707 g/mol. The van der Waals surface area contributed by atoms with E-state index in [9.17, 15) is 0 Å². The molecule has 254 valence electrons. The number of anilines is 1. The van der Waals surface area contributed by atoms with E-state index in [4.69, 9.17) is 24.4 Å². The summed E-state index contributed by atoms with van der Waals surface area (Å²) in [7, 11) is 1.79. The van der Waals surface area contributed by atoms with Crippen molar-refractivity contribution in [3.63, 3.8) is 0 Å². The number of unbranched alkanes of at least 4 members (excludes halogenated alkanes) is 3. The molecule has 1 aliphatic carbocycles. The van der Waals surface area contributed by atoms with Gasteiger partial charge in [0.15, 0.2) is 0 Å². The first-order valence-corrected chi connectivity index (χ1v) is 18.2. The van der Waals surface area contributed by atoms with Crippen LogP contribution in [-0.4, -0.2) is 78.7 Å². The minimum absolute atomic E-state index is 0. The number of hydrogen-bond donors (Lipinski definition) is 0. The van der Waals surface area contributed by atoms with Crippen molar-refractivity contribution >= 4 is 52.6 Å². The molecule has 1 aromatic rings. The van der Waals surface area contributed by atoms with Gasteiger partial charge in [-0.05, 0) is 74.4 Å². The molecule has 0 amide bonds. The molecule has 2 fully saturated rings. The molecular formula is C36H60BrN5O2S. The summed E-state index contributed by atoms with van der Waals surface area (Å²) in [4.78, 5) is 20.8. The molecule has 0 radical (unpaired) electrons. The van der Waals surface area contributed by atoms with Crippen molar-refractivity contribution in [2.75, 3.05) is 44.9 Å². The smallest absolute Gasteiger partial charge is 0.318 e. The van der Waals surface area contributed by atoms with Crippen molar-refractivity contribution in [3.05, 3.63) is 21.8 Å². The molecule has 4 rings (SSSR count). The van der Waals surface area contributed by atoms with E-state index in [1.54, 1.807) is 7.11 Å². The first kappa shape index (κ1) is 38.0. The van der Waals surface area contributed by atoms with E-state index in [0.717, 1.165) is 71.9 Å². The van der Waals surface area contributed by atoms with Gasteiger partial charge in [-0.1, -0.05) is 65.9 Å². The van der Waals surface area contributed by atoms with Gasteiger partial charge in [-0.15, -0.1) is 0 Å². The predicted octanol–water partition coefficient (Wildman–Crippen LogP) is 8.83. The first-order valence-electron chi connectivity index (χ1n) is 17.4. The van der Waals surface area contributed by atoms with E-state index < -0.39 is 0 Å². The van der Waals surface area contributed by atoms with E-state index in [1.165, 1.54) is 57.8 Å². The van der Waals surface area contributed by atoms with Crippen molar-refractivity contribution in [2.24, 2.45) is 10.4 Å². The molecule has 1 aromatic heterocycles. The third-order valence-electron chi connectivity index (χ3n) is 9.83. The van der Waals surface area contributed by atoms with Crippen LogP contribution in [0.15, 0.2) is 15.6 Å². The Hall–Kier alpha value is -1.42. The predicted molar refractivity (Wildman–Crippen MR) is 200 cm³/mol. The summed E-state index contributed by atoms with van der Waals surface area (Å²) in [5, 5.41) is 0. The van der Waals surface area contributed by atoms with Crippen LogP contribution < -0.4 is 9.64 Å². The maximum absolute atomic E-state index is 6.62. The van der Waals surface area contributed by atoms with Gasteiger partial charge in [-0.2, -0.15) is 23.5 Å². The van der Waals surface area contributed by atoms with Gasteiger partial charge in [-0.25, -0.2) is 0 Å². The molecule has 2 saturated heterocycles. The molecule has 4 unspecified atom stereocenters. The van der Waals surface area contributed by atoms with Crippen molar-refractivity contribution in [3.8, 4) is 6.01 Å². The van der Waals surface area contributed by atoms with Gasteiger partial charge in [0.25, 0.3) is 0 Å². The standard InChI is InChI=1S/C36H58BrN5O2.H2S/c1-8-12-14-19-36(6,18-13-9-2)25-44-35-39-31-22-30(37)33(38-26(5)10-3)29(11-4)32(31)34(40-35)42-27-16-17-28(42)24-41(23-27)20-15-21-43-7;/h11,22,26-28H,8-10,12-21,23-25H2,1-7H3;1H2/b29-11-,38-33?;. The molecule has 9 heteroatoms. The number of likely N-dealkylation sites (tertiary alicyclic amines) is 1. The zero-order chi connectivity index (χ0) is 31.7. The molecule has 7 nitrogen and oxygen atoms in total. The van der Waals surface area contributed by atoms with Crippen LogP contribution in [-0.2, 0) is 4.74 Å². The lowest BCUT2D eigenvalue weighted by Gasteiger charge is -2.43. The largest absolute Gasteiger partial charge is 0.463 e. The van der Waals surface area contributed by atoms with E-state index in [1.807, 2.05) is 0 Å². The van der Waals surface area contributed by atoms with Crippen LogP contribution in [0, 0.1) is 5.41 Å². The Kier molecular flexibility index (Phi) is 15.4. The lowest BCUT2D eigenvalue weighted by molar-refractivity contribution is 0.125. The van der Waals surface area contributed by atoms with Crippen LogP contribution in [0.5, 0.6) is 6.01 Å². The van der Waals surface area contributed by atoms with Crippen molar-refractivity contribution in [1.29, 1.82) is 0 Å². The Morgan fingerprint density at radius 2 is 1.76 bits per heavy atom. The highest BCUT2D eigenvalue weighted by atomic mass is 79.9. The lowest BCUT2D eigenvalue weighted by Crippen LogP contribution is -2.54. The van der Waals surface area contributed by atoms with Gasteiger partial charge in [0.05, 0.1) is 23.6 Å². The molecule has 45 heavy (non-hydrogen) atoms. The quantitative estimate of drug-likeness (QED) is 0.151. The summed E-state index contributed by atoms with van der Waals surface area (Å²) >= 11 is 3.87. The van der Waals surface area contributed by atoms with Crippen LogP contribution in [0.4, 0.5) is 5.82 Å². The Morgan fingerprint density at radius 1 is 1.07 bits per heavy atom. The zero-order valence-electron chi connectivity index (χ0n) is 29.1. The molecular weight excluding hydrogens is 646 g/mol. The number of ether oxygens (including phenoxy) is 2. The molecule has 3 aliphatic rings. The minimum Gasteiger partial charge on any atom is -0.463 e. The SMILES string of the molecule is C/C=C1\C(=NC(C)CC)C(Br)=Cc2nc(OCC(C)(CCCC)CCCCC)nc(N3C4CCC3CN(CCCOC)C4)c21.S. The highest BCUT2D eigenvalue weighted by Crippen LogP contribution is 2.44. The fraction of sp³-hybridized carbons (Fsp3) is 0.750. The topological polar surface area (TPSA) is 63.1 Å².